The summed E-state index contributed by atoms with van der Waals surface area (Å²) in [5, 5.41) is 6.58. The van der Waals surface area contributed by atoms with Crippen molar-refractivity contribution in [3.63, 3.8) is 0 Å². The highest BCUT2D eigenvalue weighted by molar-refractivity contribution is 5.47. The number of hydrogen-bond acceptors (Lipinski definition) is 6. The molecule has 0 aromatic carbocycles. The van der Waals surface area contributed by atoms with Crippen LogP contribution in [0, 0.1) is 11.8 Å². The van der Waals surface area contributed by atoms with Gasteiger partial charge >= 0.3 is 0 Å². The second-order valence-electron chi connectivity index (χ2n) is 6.12. The van der Waals surface area contributed by atoms with Gasteiger partial charge in [-0.3, -0.25) is 4.90 Å². The molecule has 4 heterocycles. The van der Waals surface area contributed by atoms with Crippen molar-refractivity contribution < 1.29 is 0 Å². The Morgan fingerprint density at radius 3 is 2.55 bits per heavy atom. The van der Waals surface area contributed by atoms with E-state index in [4.69, 9.17) is 0 Å². The summed E-state index contributed by atoms with van der Waals surface area (Å²) in [6, 6.07) is 5.91. The first-order chi connectivity index (χ1) is 10.9. The van der Waals surface area contributed by atoms with E-state index in [1.165, 1.54) is 31.7 Å². The number of nitrogens with one attached hydrogen (secondary N) is 2. The lowest BCUT2D eigenvalue weighted by Gasteiger charge is -2.16. The molecule has 2 aliphatic heterocycles. The quantitative estimate of drug-likeness (QED) is 0.885. The van der Waals surface area contributed by atoms with E-state index in [1.54, 1.807) is 18.5 Å². The molecular formula is C16H20N6. The summed E-state index contributed by atoms with van der Waals surface area (Å²) in [7, 11) is 0. The van der Waals surface area contributed by atoms with Gasteiger partial charge in [0.25, 0.3) is 0 Å². The molecule has 2 aliphatic rings. The van der Waals surface area contributed by atoms with E-state index >= 15 is 0 Å². The summed E-state index contributed by atoms with van der Waals surface area (Å²) in [4.78, 5) is 15.3. The molecule has 114 valence electrons. The average molecular weight is 296 g/mol. The van der Waals surface area contributed by atoms with Gasteiger partial charge in [-0.15, -0.1) is 0 Å². The molecule has 0 radical (unpaired) electrons. The third-order valence-corrected chi connectivity index (χ3v) is 4.50. The second kappa shape index (κ2) is 5.98. The lowest BCUT2D eigenvalue weighted by atomic mass is 10.0. The van der Waals surface area contributed by atoms with Crippen molar-refractivity contribution in [3.05, 3.63) is 42.4 Å². The molecule has 22 heavy (non-hydrogen) atoms. The molecule has 2 fully saturated rings. The number of likely N-dealkylation sites (tertiary alicyclic amines) is 1. The first-order valence-electron chi connectivity index (χ1n) is 7.79. The summed E-state index contributed by atoms with van der Waals surface area (Å²) >= 11 is 0. The first-order valence-corrected chi connectivity index (χ1v) is 7.79. The predicted molar refractivity (Wildman–Crippen MR) is 84.7 cm³/mol. The monoisotopic (exact) mass is 296 g/mol. The molecule has 0 spiro atoms. The zero-order valence-electron chi connectivity index (χ0n) is 12.4. The Balaban J connectivity index is 1.36. The standard InChI is InChI=1S/C16H20N6/c1-4-18-16(19-5-1)21-15-3-2-12(6-20-15)9-22-10-13-7-17-8-14(13)11-22/h1-6,13-14,17H,7-11H2,(H,18,19,20,21). The summed E-state index contributed by atoms with van der Waals surface area (Å²) in [5.74, 6) is 3.02. The van der Waals surface area contributed by atoms with E-state index in [-0.39, 0.29) is 0 Å². The lowest BCUT2D eigenvalue weighted by molar-refractivity contribution is 0.305. The van der Waals surface area contributed by atoms with Crippen LogP contribution in [0.2, 0.25) is 0 Å². The average Bonchev–Trinajstić information content (AvgIpc) is 3.12. The Kier molecular flexibility index (Phi) is 3.70. The van der Waals surface area contributed by atoms with Crippen LogP contribution in [-0.2, 0) is 6.54 Å². The number of nitrogens with zero attached hydrogens (tertiary/aromatic N) is 4. The SMILES string of the molecule is c1cnc(Nc2ccc(CN3CC4CNCC4C3)cn2)nc1. The molecule has 0 saturated carbocycles. The molecule has 4 rings (SSSR count). The molecule has 6 nitrogen and oxygen atoms in total. The van der Waals surface area contributed by atoms with Crippen LogP contribution in [0.3, 0.4) is 0 Å². The van der Waals surface area contributed by atoms with Gasteiger partial charge in [-0.1, -0.05) is 6.07 Å². The largest absolute Gasteiger partial charge is 0.316 e. The molecule has 2 aromatic rings. The van der Waals surface area contributed by atoms with Crippen molar-refractivity contribution in [2.45, 2.75) is 6.54 Å². The number of pyridine rings is 1. The van der Waals surface area contributed by atoms with Crippen LogP contribution >= 0.6 is 0 Å². The van der Waals surface area contributed by atoms with Gasteiger partial charge in [0, 0.05) is 38.2 Å². The van der Waals surface area contributed by atoms with Gasteiger partial charge in [0.05, 0.1) is 0 Å². The number of fused-ring (bicyclic) bond motifs is 1. The number of rotatable bonds is 4. The minimum absolute atomic E-state index is 0.572. The van der Waals surface area contributed by atoms with Crippen LogP contribution in [0.15, 0.2) is 36.8 Å². The van der Waals surface area contributed by atoms with Gasteiger partial charge < -0.3 is 10.6 Å². The smallest absolute Gasteiger partial charge is 0.228 e. The van der Waals surface area contributed by atoms with E-state index in [9.17, 15) is 0 Å². The topological polar surface area (TPSA) is 66.0 Å². The highest BCUT2D eigenvalue weighted by atomic mass is 15.2. The fraction of sp³-hybridized carbons (Fsp3) is 0.438. The van der Waals surface area contributed by atoms with Gasteiger partial charge in [-0.2, -0.15) is 0 Å². The zero-order chi connectivity index (χ0) is 14.8. The second-order valence-corrected chi connectivity index (χ2v) is 6.12. The van der Waals surface area contributed by atoms with Gasteiger partial charge in [0.15, 0.2) is 0 Å². The van der Waals surface area contributed by atoms with Crippen molar-refractivity contribution in [3.8, 4) is 0 Å². The van der Waals surface area contributed by atoms with Crippen LogP contribution in [-0.4, -0.2) is 46.0 Å². The molecule has 0 bridgehead atoms. The maximum absolute atomic E-state index is 4.46. The molecule has 2 N–H and O–H groups in total. The minimum Gasteiger partial charge on any atom is -0.316 e. The molecule has 6 heteroatoms. The molecule has 2 unspecified atom stereocenters. The molecule has 2 saturated heterocycles. The Morgan fingerprint density at radius 2 is 1.86 bits per heavy atom. The molecule has 2 aromatic heterocycles. The summed E-state index contributed by atoms with van der Waals surface area (Å²) in [6.45, 7) is 5.76. The van der Waals surface area contributed by atoms with Crippen LogP contribution < -0.4 is 10.6 Å². The Hall–Kier alpha value is -2.05. The first kappa shape index (κ1) is 13.6. The molecule has 2 atom stereocenters. The summed E-state index contributed by atoms with van der Waals surface area (Å²) in [6.07, 6.45) is 5.36. The fourth-order valence-electron chi connectivity index (χ4n) is 3.41. The van der Waals surface area contributed by atoms with Gasteiger partial charge in [-0.05, 0) is 42.6 Å². The fourth-order valence-corrected chi connectivity index (χ4v) is 3.41. The predicted octanol–water partition coefficient (Wildman–Crippen LogP) is 1.27. The van der Waals surface area contributed by atoms with Crippen molar-refractivity contribution in [2.24, 2.45) is 11.8 Å². The van der Waals surface area contributed by atoms with E-state index in [0.29, 0.717) is 5.95 Å². The maximum Gasteiger partial charge on any atom is 0.228 e. The molecule has 0 aliphatic carbocycles. The lowest BCUT2D eigenvalue weighted by Crippen LogP contribution is -2.25. The van der Waals surface area contributed by atoms with Gasteiger partial charge in [0.1, 0.15) is 5.82 Å². The number of hydrogen-bond donors (Lipinski definition) is 2. The van der Waals surface area contributed by atoms with Crippen molar-refractivity contribution in [1.29, 1.82) is 0 Å². The van der Waals surface area contributed by atoms with Crippen LogP contribution in [0.1, 0.15) is 5.56 Å². The highest BCUT2D eigenvalue weighted by Crippen LogP contribution is 2.27. The van der Waals surface area contributed by atoms with Gasteiger partial charge in [0.2, 0.25) is 5.95 Å². The molecule has 0 amide bonds. The van der Waals surface area contributed by atoms with E-state index in [2.05, 4.69) is 36.6 Å². The normalized spacial score (nSPS) is 24.4. The third-order valence-electron chi connectivity index (χ3n) is 4.50. The number of anilines is 2. The van der Waals surface area contributed by atoms with Crippen LogP contribution in [0.5, 0.6) is 0 Å². The van der Waals surface area contributed by atoms with E-state index in [1.807, 2.05) is 12.3 Å². The Morgan fingerprint density at radius 1 is 1.09 bits per heavy atom. The Bertz CT molecular complexity index is 602. The van der Waals surface area contributed by atoms with Gasteiger partial charge in [-0.25, -0.2) is 15.0 Å². The van der Waals surface area contributed by atoms with Crippen molar-refractivity contribution in [1.82, 2.24) is 25.2 Å². The summed E-state index contributed by atoms with van der Waals surface area (Å²) in [5.41, 5.74) is 1.26. The van der Waals surface area contributed by atoms with Crippen molar-refractivity contribution >= 4 is 11.8 Å². The van der Waals surface area contributed by atoms with E-state index in [0.717, 1.165) is 24.2 Å². The van der Waals surface area contributed by atoms with Crippen LogP contribution in [0.25, 0.3) is 0 Å². The van der Waals surface area contributed by atoms with E-state index < -0.39 is 0 Å². The minimum atomic E-state index is 0.572. The number of aromatic nitrogens is 3. The maximum atomic E-state index is 4.46. The highest BCUT2D eigenvalue weighted by Gasteiger charge is 2.35. The van der Waals surface area contributed by atoms with Crippen LogP contribution in [0.4, 0.5) is 11.8 Å². The molecular weight excluding hydrogens is 276 g/mol. The Labute approximate surface area is 130 Å². The summed E-state index contributed by atoms with van der Waals surface area (Å²) < 4.78 is 0. The third kappa shape index (κ3) is 2.93. The van der Waals surface area contributed by atoms with Crippen molar-refractivity contribution in [2.75, 3.05) is 31.5 Å². The zero-order valence-corrected chi connectivity index (χ0v) is 12.4.